The lowest BCUT2D eigenvalue weighted by Crippen LogP contribution is -2.35. The van der Waals surface area contributed by atoms with Crippen molar-refractivity contribution in [2.45, 2.75) is 25.5 Å². The lowest BCUT2D eigenvalue weighted by atomic mass is 10.2. The summed E-state index contributed by atoms with van der Waals surface area (Å²) < 4.78 is 30.9. The number of likely N-dealkylation sites (tertiary alicyclic amines) is 1. The van der Waals surface area contributed by atoms with Crippen molar-refractivity contribution >= 4 is 22.4 Å². The Morgan fingerprint density at radius 3 is 2.92 bits per heavy atom. The number of benzene rings is 2. The lowest BCUT2D eigenvalue weighted by Gasteiger charge is -2.22. The lowest BCUT2D eigenvalue weighted by molar-refractivity contribution is 0.138. The molecule has 194 valence electrons. The smallest absolute Gasteiger partial charge is 0.244 e. The van der Waals surface area contributed by atoms with E-state index < -0.39 is 0 Å². The Hall–Kier alpha value is -3.89. The van der Waals surface area contributed by atoms with Gasteiger partial charge >= 0.3 is 0 Å². The molecule has 2 aromatic heterocycles. The number of pyridine rings is 1. The van der Waals surface area contributed by atoms with Crippen LogP contribution in [0.2, 0.25) is 0 Å². The van der Waals surface area contributed by atoms with Crippen LogP contribution in [0.15, 0.2) is 54.7 Å². The number of anilines is 2. The highest BCUT2D eigenvalue weighted by atomic mass is 19.1. The van der Waals surface area contributed by atoms with Crippen molar-refractivity contribution in [3.63, 3.8) is 0 Å². The van der Waals surface area contributed by atoms with Crippen LogP contribution in [0.4, 0.5) is 15.9 Å². The minimum absolute atomic E-state index is 0.168. The van der Waals surface area contributed by atoms with E-state index in [9.17, 15) is 9.50 Å². The Labute approximate surface area is 214 Å². The largest absolute Gasteiger partial charge is 0.493 e. The van der Waals surface area contributed by atoms with Gasteiger partial charge in [-0.3, -0.25) is 10.00 Å². The van der Waals surface area contributed by atoms with Crippen molar-refractivity contribution in [1.29, 1.82) is 0 Å². The number of aliphatic hydroxyl groups is 1. The van der Waals surface area contributed by atoms with Gasteiger partial charge in [0.1, 0.15) is 30.2 Å². The van der Waals surface area contributed by atoms with Gasteiger partial charge in [0.2, 0.25) is 5.88 Å². The number of aliphatic hydroxyl groups excluding tert-OH is 1. The molecule has 37 heavy (non-hydrogen) atoms. The summed E-state index contributed by atoms with van der Waals surface area (Å²) in [6.45, 7) is 2.52. The molecule has 1 aliphatic rings. The number of halogens is 1. The number of nitrogens with zero attached hydrogens (tertiary/aromatic N) is 3. The number of rotatable bonds is 11. The summed E-state index contributed by atoms with van der Waals surface area (Å²) in [4.78, 5) is 6.75. The third-order valence-corrected chi connectivity index (χ3v) is 6.48. The number of ether oxygens (including phenoxy) is 3. The molecule has 0 bridgehead atoms. The Morgan fingerprint density at radius 1 is 1.16 bits per heavy atom. The normalized spacial score (nSPS) is 15.7. The maximum absolute atomic E-state index is 13.5. The zero-order valence-corrected chi connectivity index (χ0v) is 20.6. The van der Waals surface area contributed by atoms with E-state index in [1.807, 2.05) is 18.2 Å². The molecular formula is C27H30FN5O4. The first-order valence-corrected chi connectivity index (χ1v) is 12.3. The molecule has 0 radical (unpaired) electrons. The zero-order valence-electron chi connectivity index (χ0n) is 20.6. The van der Waals surface area contributed by atoms with E-state index in [2.05, 4.69) is 25.4 Å². The van der Waals surface area contributed by atoms with Crippen LogP contribution in [0.25, 0.3) is 10.9 Å². The van der Waals surface area contributed by atoms with Crippen molar-refractivity contribution < 1.29 is 23.7 Å². The van der Waals surface area contributed by atoms with Crippen LogP contribution in [0.1, 0.15) is 18.4 Å². The molecule has 0 aliphatic carbocycles. The maximum Gasteiger partial charge on any atom is 0.244 e. The van der Waals surface area contributed by atoms with E-state index >= 15 is 0 Å². The molecule has 9 nitrogen and oxygen atoms in total. The monoisotopic (exact) mass is 507 g/mol. The van der Waals surface area contributed by atoms with Gasteiger partial charge in [-0.1, -0.05) is 12.1 Å². The molecule has 3 heterocycles. The van der Waals surface area contributed by atoms with Crippen LogP contribution < -0.4 is 19.5 Å². The number of methoxy groups -OCH3 is 1. The Balaban J connectivity index is 1.28. The SMILES string of the molecule is COc1cc(Nc2nccc3[nH]nc(OCCN4CCC[C@@H]4CO)c23)ccc1OCc1cccc(F)c1. The van der Waals surface area contributed by atoms with E-state index in [0.29, 0.717) is 29.8 Å². The fourth-order valence-corrected chi connectivity index (χ4v) is 4.58. The molecule has 0 saturated carbocycles. The minimum Gasteiger partial charge on any atom is -0.493 e. The highest BCUT2D eigenvalue weighted by Crippen LogP contribution is 2.35. The van der Waals surface area contributed by atoms with Crippen LogP contribution in [0.3, 0.4) is 0 Å². The number of hydrogen-bond acceptors (Lipinski definition) is 8. The van der Waals surface area contributed by atoms with Gasteiger partial charge in [-0.25, -0.2) is 9.37 Å². The van der Waals surface area contributed by atoms with Crippen molar-refractivity contribution in [3.05, 3.63) is 66.1 Å². The highest BCUT2D eigenvalue weighted by molar-refractivity contribution is 5.95. The van der Waals surface area contributed by atoms with E-state index in [0.717, 1.165) is 48.1 Å². The van der Waals surface area contributed by atoms with Crippen molar-refractivity contribution in [2.75, 3.05) is 38.7 Å². The molecule has 0 spiro atoms. The number of fused-ring (bicyclic) bond motifs is 1. The molecule has 4 aromatic rings. The summed E-state index contributed by atoms with van der Waals surface area (Å²) in [5, 5.41) is 20.9. The number of aromatic amines is 1. The van der Waals surface area contributed by atoms with E-state index in [4.69, 9.17) is 14.2 Å². The van der Waals surface area contributed by atoms with Gasteiger partial charge in [0, 0.05) is 30.5 Å². The molecule has 1 atom stereocenters. The van der Waals surface area contributed by atoms with Crippen LogP contribution in [0, 0.1) is 5.82 Å². The highest BCUT2D eigenvalue weighted by Gasteiger charge is 2.23. The molecule has 2 aromatic carbocycles. The second kappa shape index (κ2) is 11.4. The molecule has 1 aliphatic heterocycles. The van der Waals surface area contributed by atoms with Gasteiger partial charge in [0.25, 0.3) is 0 Å². The molecule has 0 amide bonds. The first-order valence-electron chi connectivity index (χ1n) is 12.3. The standard InChI is InChI=1S/C27H30FN5O4/c1-35-24-15-20(7-8-23(24)37-17-18-4-2-5-19(28)14-18)30-26-25-22(9-10-29-26)31-32-27(25)36-13-12-33-11-3-6-21(33)16-34/h2,4-5,7-10,14-15,21,34H,3,6,11-13,16-17H2,1H3,(H,29,30)(H,31,32)/t21-/m1/s1. The summed E-state index contributed by atoms with van der Waals surface area (Å²) in [7, 11) is 1.57. The summed E-state index contributed by atoms with van der Waals surface area (Å²) in [6, 6.07) is 13.8. The minimum atomic E-state index is -0.303. The summed E-state index contributed by atoms with van der Waals surface area (Å²) in [5.41, 5.74) is 2.26. The predicted octanol–water partition coefficient (Wildman–Crippen LogP) is 4.26. The van der Waals surface area contributed by atoms with E-state index in [-0.39, 0.29) is 25.1 Å². The van der Waals surface area contributed by atoms with Crippen LogP contribution >= 0.6 is 0 Å². The quantitative estimate of drug-likeness (QED) is 0.277. The first kappa shape index (κ1) is 24.8. The van der Waals surface area contributed by atoms with Gasteiger partial charge in [0.05, 0.1) is 19.2 Å². The van der Waals surface area contributed by atoms with Gasteiger partial charge in [-0.15, -0.1) is 5.10 Å². The van der Waals surface area contributed by atoms with Crippen LogP contribution in [-0.4, -0.2) is 64.6 Å². The molecular weight excluding hydrogens is 477 g/mol. The van der Waals surface area contributed by atoms with Gasteiger partial charge in [0.15, 0.2) is 11.5 Å². The number of hydrogen-bond donors (Lipinski definition) is 3. The Bertz CT molecular complexity index is 1350. The van der Waals surface area contributed by atoms with Gasteiger partial charge < -0.3 is 24.6 Å². The van der Waals surface area contributed by atoms with E-state index in [1.54, 1.807) is 31.5 Å². The molecule has 1 fully saturated rings. The second-order valence-corrected chi connectivity index (χ2v) is 8.88. The molecule has 0 unspecified atom stereocenters. The number of nitrogens with one attached hydrogen (secondary N) is 2. The number of aromatic nitrogens is 3. The Kier molecular flexibility index (Phi) is 7.67. The molecule has 3 N–H and O–H groups in total. The van der Waals surface area contributed by atoms with Crippen molar-refractivity contribution in [3.8, 4) is 17.4 Å². The zero-order chi connectivity index (χ0) is 25.6. The van der Waals surface area contributed by atoms with Crippen molar-refractivity contribution in [2.24, 2.45) is 0 Å². The molecule has 5 rings (SSSR count). The summed E-state index contributed by atoms with van der Waals surface area (Å²) >= 11 is 0. The molecule has 1 saturated heterocycles. The topological polar surface area (TPSA) is 105 Å². The summed E-state index contributed by atoms with van der Waals surface area (Å²) in [6.07, 6.45) is 3.79. The fraction of sp³-hybridized carbons (Fsp3) is 0.333. The fourth-order valence-electron chi connectivity index (χ4n) is 4.58. The molecule has 10 heteroatoms. The first-order chi connectivity index (χ1) is 18.1. The third-order valence-electron chi connectivity index (χ3n) is 6.48. The second-order valence-electron chi connectivity index (χ2n) is 8.88. The van der Waals surface area contributed by atoms with E-state index in [1.165, 1.54) is 12.1 Å². The average molecular weight is 508 g/mol. The predicted molar refractivity (Wildman–Crippen MR) is 138 cm³/mol. The maximum atomic E-state index is 13.5. The van der Waals surface area contributed by atoms with Crippen LogP contribution in [0.5, 0.6) is 17.4 Å². The van der Waals surface area contributed by atoms with Crippen LogP contribution in [-0.2, 0) is 6.61 Å². The summed E-state index contributed by atoms with van der Waals surface area (Å²) in [5.74, 6) is 1.82. The average Bonchev–Trinajstić information content (AvgIpc) is 3.55. The van der Waals surface area contributed by atoms with Gasteiger partial charge in [-0.05, 0) is 55.3 Å². The van der Waals surface area contributed by atoms with Gasteiger partial charge in [-0.2, -0.15) is 0 Å². The van der Waals surface area contributed by atoms with Crippen molar-refractivity contribution in [1.82, 2.24) is 20.1 Å². The Morgan fingerprint density at radius 2 is 2.08 bits per heavy atom. The third kappa shape index (κ3) is 5.76. The number of H-pyrrole nitrogens is 1.